The number of hydrogen-bond acceptors (Lipinski definition) is 2. The van der Waals surface area contributed by atoms with E-state index in [0.717, 1.165) is 17.8 Å². The van der Waals surface area contributed by atoms with Crippen LogP contribution in [0.15, 0.2) is 48.5 Å². The molecule has 0 bridgehead atoms. The lowest BCUT2D eigenvalue weighted by Gasteiger charge is -2.24. The summed E-state index contributed by atoms with van der Waals surface area (Å²) in [6.07, 6.45) is -0.0391. The lowest BCUT2D eigenvalue weighted by Crippen LogP contribution is -2.25. The van der Waals surface area contributed by atoms with Gasteiger partial charge < -0.3 is 10.0 Å². The number of hydrogen-bond donors (Lipinski definition) is 1. The molecule has 2 rings (SSSR count). The van der Waals surface area contributed by atoms with Gasteiger partial charge in [0.05, 0.1) is 6.10 Å². The summed E-state index contributed by atoms with van der Waals surface area (Å²) >= 11 is 6.09. The summed E-state index contributed by atoms with van der Waals surface area (Å²) in [7, 11) is 0. The quantitative estimate of drug-likeness (QED) is 0.853. The summed E-state index contributed by atoms with van der Waals surface area (Å²) in [6, 6.07) is 13.7. The molecular weight excluding hydrogens is 289 g/mol. The molecule has 0 aliphatic heterocycles. The molecule has 1 atom stereocenters. The molecule has 0 saturated carbocycles. The van der Waals surface area contributed by atoms with Gasteiger partial charge in [-0.25, -0.2) is 4.39 Å². The zero-order valence-corrected chi connectivity index (χ0v) is 12.7. The van der Waals surface area contributed by atoms with Crippen LogP contribution in [0.5, 0.6) is 0 Å². The zero-order chi connectivity index (χ0) is 15.2. The second kappa shape index (κ2) is 7.43. The molecule has 1 unspecified atom stereocenters. The van der Waals surface area contributed by atoms with E-state index in [-0.39, 0.29) is 5.82 Å². The van der Waals surface area contributed by atoms with Crippen LogP contribution in [0.3, 0.4) is 0 Å². The van der Waals surface area contributed by atoms with Gasteiger partial charge >= 0.3 is 0 Å². The first-order valence-corrected chi connectivity index (χ1v) is 7.42. The molecule has 0 spiro atoms. The Labute approximate surface area is 129 Å². The van der Waals surface area contributed by atoms with Crippen molar-refractivity contribution in [2.75, 3.05) is 18.0 Å². The van der Waals surface area contributed by atoms with Gasteiger partial charge in [-0.05, 0) is 49.2 Å². The lowest BCUT2D eigenvalue weighted by atomic mass is 10.1. The standard InChI is InChI=1S/C17H19ClFNO/c1-2-20(14-9-7-13(19)8-10-14)12-11-17(21)15-5-3-4-6-16(15)18/h3-10,17,21H,2,11-12H2,1H3. The van der Waals surface area contributed by atoms with Gasteiger partial charge in [-0.3, -0.25) is 0 Å². The first kappa shape index (κ1) is 15.8. The van der Waals surface area contributed by atoms with Crippen LogP contribution in [-0.2, 0) is 0 Å². The zero-order valence-electron chi connectivity index (χ0n) is 12.0. The highest BCUT2D eigenvalue weighted by Gasteiger charge is 2.13. The van der Waals surface area contributed by atoms with E-state index in [0.29, 0.717) is 18.0 Å². The molecule has 4 heteroatoms. The van der Waals surface area contributed by atoms with E-state index in [1.54, 1.807) is 18.2 Å². The minimum atomic E-state index is -0.604. The van der Waals surface area contributed by atoms with E-state index < -0.39 is 6.10 Å². The molecule has 0 aliphatic rings. The third-order valence-electron chi connectivity index (χ3n) is 3.51. The normalized spacial score (nSPS) is 12.2. The Balaban J connectivity index is 2.00. The van der Waals surface area contributed by atoms with Crippen LogP contribution in [0, 0.1) is 5.82 Å². The molecule has 2 aromatic rings. The molecule has 0 radical (unpaired) electrons. The summed E-state index contributed by atoms with van der Waals surface area (Å²) in [5, 5.41) is 10.8. The summed E-state index contributed by atoms with van der Waals surface area (Å²) in [5.41, 5.74) is 1.69. The van der Waals surface area contributed by atoms with Crippen molar-refractivity contribution in [2.24, 2.45) is 0 Å². The average molecular weight is 308 g/mol. The second-order valence-electron chi connectivity index (χ2n) is 4.88. The van der Waals surface area contributed by atoms with Gasteiger partial charge in [-0.15, -0.1) is 0 Å². The number of anilines is 1. The fourth-order valence-electron chi connectivity index (χ4n) is 2.30. The maximum absolute atomic E-state index is 13.0. The van der Waals surface area contributed by atoms with Crippen molar-refractivity contribution >= 4 is 17.3 Å². The van der Waals surface area contributed by atoms with Gasteiger partial charge in [-0.1, -0.05) is 29.8 Å². The second-order valence-corrected chi connectivity index (χ2v) is 5.29. The van der Waals surface area contributed by atoms with Crippen molar-refractivity contribution in [3.05, 3.63) is 64.9 Å². The molecule has 1 N–H and O–H groups in total. The Morgan fingerprint density at radius 1 is 1.14 bits per heavy atom. The summed E-state index contributed by atoms with van der Waals surface area (Å²) in [4.78, 5) is 2.10. The number of rotatable bonds is 6. The van der Waals surface area contributed by atoms with Gasteiger partial charge in [0.1, 0.15) is 5.82 Å². The molecule has 21 heavy (non-hydrogen) atoms. The number of aliphatic hydroxyl groups excluding tert-OH is 1. The summed E-state index contributed by atoms with van der Waals surface area (Å²) < 4.78 is 13.0. The first-order valence-electron chi connectivity index (χ1n) is 7.04. The van der Waals surface area contributed by atoms with Gasteiger partial charge in [-0.2, -0.15) is 0 Å². The van der Waals surface area contributed by atoms with Crippen LogP contribution in [0.25, 0.3) is 0 Å². The maximum Gasteiger partial charge on any atom is 0.123 e. The fourth-order valence-corrected chi connectivity index (χ4v) is 2.56. The molecule has 0 saturated heterocycles. The average Bonchev–Trinajstić information content (AvgIpc) is 2.49. The molecule has 0 fully saturated rings. The minimum absolute atomic E-state index is 0.245. The molecule has 0 aromatic heterocycles. The van der Waals surface area contributed by atoms with Crippen molar-refractivity contribution in [3.63, 3.8) is 0 Å². The van der Waals surface area contributed by atoms with Crippen molar-refractivity contribution in [3.8, 4) is 0 Å². The molecule has 0 amide bonds. The van der Waals surface area contributed by atoms with Crippen LogP contribution < -0.4 is 4.90 Å². The third kappa shape index (κ3) is 4.19. The number of nitrogens with zero attached hydrogens (tertiary/aromatic N) is 1. The van der Waals surface area contributed by atoms with Crippen LogP contribution in [-0.4, -0.2) is 18.2 Å². The van der Waals surface area contributed by atoms with E-state index >= 15 is 0 Å². The predicted molar refractivity (Wildman–Crippen MR) is 85.3 cm³/mol. The highest BCUT2D eigenvalue weighted by molar-refractivity contribution is 6.31. The number of aliphatic hydroxyl groups is 1. The van der Waals surface area contributed by atoms with Gasteiger partial charge in [0, 0.05) is 23.8 Å². The Morgan fingerprint density at radius 2 is 1.81 bits per heavy atom. The summed E-state index contributed by atoms with van der Waals surface area (Å²) in [6.45, 7) is 3.50. The minimum Gasteiger partial charge on any atom is -0.388 e. The Morgan fingerprint density at radius 3 is 2.43 bits per heavy atom. The monoisotopic (exact) mass is 307 g/mol. The molecule has 2 nitrogen and oxygen atoms in total. The maximum atomic E-state index is 13.0. The molecular formula is C17H19ClFNO. The van der Waals surface area contributed by atoms with E-state index in [2.05, 4.69) is 4.90 Å². The topological polar surface area (TPSA) is 23.5 Å². The largest absolute Gasteiger partial charge is 0.388 e. The first-order chi connectivity index (χ1) is 10.1. The fraction of sp³-hybridized carbons (Fsp3) is 0.294. The Bertz CT molecular complexity index is 573. The smallest absolute Gasteiger partial charge is 0.123 e. The SMILES string of the molecule is CCN(CCC(O)c1ccccc1Cl)c1ccc(F)cc1. The van der Waals surface area contributed by atoms with Gasteiger partial charge in [0.2, 0.25) is 0 Å². The molecule has 2 aromatic carbocycles. The Kier molecular flexibility index (Phi) is 5.59. The number of benzene rings is 2. The highest BCUT2D eigenvalue weighted by atomic mass is 35.5. The van der Waals surface area contributed by atoms with E-state index in [1.807, 2.05) is 25.1 Å². The Hall–Kier alpha value is -1.58. The number of halogens is 2. The molecule has 112 valence electrons. The van der Waals surface area contributed by atoms with E-state index in [9.17, 15) is 9.50 Å². The van der Waals surface area contributed by atoms with Crippen molar-refractivity contribution in [1.29, 1.82) is 0 Å². The lowest BCUT2D eigenvalue weighted by molar-refractivity contribution is 0.169. The van der Waals surface area contributed by atoms with Gasteiger partial charge in [0.25, 0.3) is 0 Å². The van der Waals surface area contributed by atoms with Crippen molar-refractivity contribution in [2.45, 2.75) is 19.4 Å². The third-order valence-corrected chi connectivity index (χ3v) is 3.85. The summed E-state index contributed by atoms with van der Waals surface area (Å²) in [5.74, 6) is -0.245. The van der Waals surface area contributed by atoms with Gasteiger partial charge in [0.15, 0.2) is 0 Å². The van der Waals surface area contributed by atoms with Crippen molar-refractivity contribution in [1.82, 2.24) is 0 Å². The van der Waals surface area contributed by atoms with Crippen LogP contribution in [0.4, 0.5) is 10.1 Å². The van der Waals surface area contributed by atoms with E-state index in [4.69, 9.17) is 11.6 Å². The highest BCUT2D eigenvalue weighted by Crippen LogP contribution is 2.25. The van der Waals surface area contributed by atoms with Crippen LogP contribution >= 0.6 is 11.6 Å². The van der Waals surface area contributed by atoms with Crippen molar-refractivity contribution < 1.29 is 9.50 Å². The predicted octanol–water partition coefficient (Wildman–Crippen LogP) is 4.43. The van der Waals surface area contributed by atoms with Crippen LogP contribution in [0.2, 0.25) is 5.02 Å². The van der Waals surface area contributed by atoms with Crippen LogP contribution in [0.1, 0.15) is 25.0 Å². The molecule has 0 aliphatic carbocycles. The molecule has 0 heterocycles. The van der Waals surface area contributed by atoms with E-state index in [1.165, 1.54) is 12.1 Å².